The number of hydrogen-bond donors (Lipinski definition) is 0. The highest BCUT2D eigenvalue weighted by molar-refractivity contribution is 9.11. The van der Waals surface area contributed by atoms with Gasteiger partial charge in [-0.2, -0.15) is 0 Å². The Labute approximate surface area is 123 Å². The number of rotatable bonds is 3. The maximum atomic E-state index is 12.4. The molecule has 0 unspecified atom stereocenters. The molecule has 0 radical (unpaired) electrons. The molecule has 0 amide bonds. The summed E-state index contributed by atoms with van der Waals surface area (Å²) in [5.74, 6) is 0.458. The van der Waals surface area contributed by atoms with E-state index in [4.69, 9.17) is 16.3 Å². The van der Waals surface area contributed by atoms with Crippen molar-refractivity contribution in [1.29, 1.82) is 0 Å². The first-order valence-electron chi connectivity index (χ1n) is 5.17. The number of benzene rings is 1. The van der Waals surface area contributed by atoms with E-state index in [9.17, 15) is 4.79 Å². The van der Waals surface area contributed by atoms with Crippen molar-refractivity contribution in [2.75, 3.05) is 7.11 Å². The summed E-state index contributed by atoms with van der Waals surface area (Å²) in [5, 5.41) is 0.520. The summed E-state index contributed by atoms with van der Waals surface area (Å²) in [6.07, 6.45) is 0. The number of aryl methyl sites for hydroxylation is 1. The van der Waals surface area contributed by atoms with Gasteiger partial charge in [-0.1, -0.05) is 11.6 Å². The summed E-state index contributed by atoms with van der Waals surface area (Å²) in [7, 11) is 1.54. The fraction of sp³-hybridized carbons (Fsp3) is 0.154. The van der Waals surface area contributed by atoms with Crippen molar-refractivity contribution in [3.63, 3.8) is 0 Å². The number of carbonyl (C=O) groups is 1. The maximum Gasteiger partial charge on any atom is 0.206 e. The Balaban J connectivity index is 2.48. The minimum absolute atomic E-state index is 0.0758. The van der Waals surface area contributed by atoms with Gasteiger partial charge in [-0.25, -0.2) is 0 Å². The van der Waals surface area contributed by atoms with Crippen LogP contribution in [0.25, 0.3) is 0 Å². The monoisotopic (exact) mass is 344 g/mol. The van der Waals surface area contributed by atoms with E-state index in [1.54, 1.807) is 18.2 Å². The zero-order valence-corrected chi connectivity index (χ0v) is 12.9. The minimum Gasteiger partial charge on any atom is -0.496 e. The molecule has 2 nitrogen and oxygen atoms in total. The van der Waals surface area contributed by atoms with Crippen LogP contribution in [0, 0.1) is 6.92 Å². The second kappa shape index (κ2) is 5.43. The van der Waals surface area contributed by atoms with Crippen molar-refractivity contribution in [3.05, 3.63) is 49.1 Å². The molecule has 1 heterocycles. The van der Waals surface area contributed by atoms with Crippen LogP contribution in [0.4, 0.5) is 0 Å². The largest absolute Gasteiger partial charge is 0.496 e. The molecule has 0 bridgehead atoms. The molecular formula is C13H10BrClO2S. The summed E-state index contributed by atoms with van der Waals surface area (Å²) in [4.78, 5) is 13.1. The normalized spacial score (nSPS) is 10.4. The van der Waals surface area contributed by atoms with E-state index in [0.29, 0.717) is 21.2 Å². The highest BCUT2D eigenvalue weighted by Crippen LogP contribution is 2.32. The Morgan fingerprint density at radius 2 is 2.11 bits per heavy atom. The molecule has 0 aliphatic carbocycles. The van der Waals surface area contributed by atoms with E-state index in [2.05, 4.69) is 15.9 Å². The fourth-order valence-corrected chi connectivity index (χ4v) is 3.22. The van der Waals surface area contributed by atoms with E-state index in [1.165, 1.54) is 18.4 Å². The van der Waals surface area contributed by atoms with Crippen LogP contribution >= 0.6 is 38.9 Å². The third-order valence-electron chi connectivity index (χ3n) is 2.49. The third-order valence-corrected chi connectivity index (χ3v) is 4.86. The van der Waals surface area contributed by atoms with Gasteiger partial charge in [0.05, 0.1) is 21.3 Å². The molecule has 0 saturated carbocycles. The molecule has 0 N–H and O–H groups in total. The summed E-state index contributed by atoms with van der Waals surface area (Å²) >= 11 is 10.8. The van der Waals surface area contributed by atoms with Gasteiger partial charge in [0, 0.05) is 5.02 Å². The SMILES string of the molecule is COc1ccc(Cl)cc1C(=O)c1cc(C)c(Br)s1. The Kier molecular flexibility index (Phi) is 4.10. The van der Waals surface area contributed by atoms with Crippen LogP contribution < -0.4 is 4.74 Å². The van der Waals surface area contributed by atoms with Crippen molar-refractivity contribution < 1.29 is 9.53 Å². The lowest BCUT2D eigenvalue weighted by molar-refractivity contribution is 0.103. The second-order valence-corrected chi connectivity index (χ2v) is 6.55. The van der Waals surface area contributed by atoms with Crippen LogP contribution in [-0.2, 0) is 0 Å². The van der Waals surface area contributed by atoms with E-state index in [-0.39, 0.29) is 5.78 Å². The number of carbonyl (C=O) groups excluding carboxylic acids is 1. The first-order chi connectivity index (χ1) is 8.52. The molecule has 0 aliphatic rings. The molecule has 0 spiro atoms. The molecule has 2 aromatic rings. The van der Waals surface area contributed by atoms with Crippen molar-refractivity contribution in [2.45, 2.75) is 6.92 Å². The molecule has 1 aromatic carbocycles. The molecule has 94 valence electrons. The van der Waals surface area contributed by atoms with E-state index in [1.807, 2.05) is 13.0 Å². The number of methoxy groups -OCH3 is 1. The first-order valence-corrected chi connectivity index (χ1v) is 7.16. The predicted octanol–water partition coefficient (Wildman–Crippen LogP) is 4.71. The van der Waals surface area contributed by atoms with Gasteiger partial charge < -0.3 is 4.74 Å². The number of ketones is 1. The van der Waals surface area contributed by atoms with Gasteiger partial charge in [0.1, 0.15) is 5.75 Å². The van der Waals surface area contributed by atoms with Crippen LogP contribution in [0.1, 0.15) is 20.8 Å². The highest BCUT2D eigenvalue weighted by Gasteiger charge is 2.18. The Bertz CT molecular complexity index is 588. The van der Waals surface area contributed by atoms with Crippen LogP contribution in [-0.4, -0.2) is 12.9 Å². The average Bonchev–Trinajstić information content (AvgIpc) is 2.68. The first kappa shape index (κ1) is 13.6. The van der Waals surface area contributed by atoms with Gasteiger partial charge in [0.2, 0.25) is 5.78 Å². The molecule has 5 heteroatoms. The quantitative estimate of drug-likeness (QED) is 0.753. The van der Waals surface area contributed by atoms with Crippen molar-refractivity contribution in [1.82, 2.24) is 0 Å². The molecule has 0 fully saturated rings. The van der Waals surface area contributed by atoms with Gasteiger partial charge in [-0.05, 0) is 52.7 Å². The van der Waals surface area contributed by atoms with Crippen LogP contribution in [0.5, 0.6) is 5.75 Å². The standard InChI is InChI=1S/C13H10BrClO2S/c1-7-5-11(18-13(7)14)12(16)9-6-8(15)3-4-10(9)17-2/h3-6H,1-2H3. The average molecular weight is 346 g/mol. The van der Waals surface area contributed by atoms with E-state index in [0.717, 1.165) is 9.35 Å². The predicted molar refractivity (Wildman–Crippen MR) is 78.2 cm³/mol. The zero-order chi connectivity index (χ0) is 13.3. The lowest BCUT2D eigenvalue weighted by Gasteiger charge is -2.06. The Hall–Kier alpha value is -0.840. The van der Waals surface area contributed by atoms with Gasteiger partial charge in [-0.3, -0.25) is 4.79 Å². The molecule has 2 rings (SSSR count). The summed E-state index contributed by atoms with van der Waals surface area (Å²) in [5.41, 5.74) is 1.53. The maximum absolute atomic E-state index is 12.4. The smallest absolute Gasteiger partial charge is 0.206 e. The molecule has 1 aromatic heterocycles. The molecule has 18 heavy (non-hydrogen) atoms. The van der Waals surface area contributed by atoms with Gasteiger partial charge in [0.25, 0.3) is 0 Å². The lowest BCUT2D eigenvalue weighted by Crippen LogP contribution is -2.02. The Morgan fingerprint density at radius 3 is 2.67 bits per heavy atom. The molecule has 0 aliphatic heterocycles. The topological polar surface area (TPSA) is 26.3 Å². The van der Waals surface area contributed by atoms with Crippen molar-refractivity contribution >= 4 is 44.7 Å². The lowest BCUT2D eigenvalue weighted by atomic mass is 10.1. The van der Waals surface area contributed by atoms with Crippen molar-refractivity contribution in [2.24, 2.45) is 0 Å². The highest BCUT2D eigenvalue weighted by atomic mass is 79.9. The molecule has 0 atom stereocenters. The van der Waals surface area contributed by atoms with Gasteiger partial charge in [-0.15, -0.1) is 11.3 Å². The number of thiophene rings is 1. The summed E-state index contributed by atoms with van der Waals surface area (Å²) < 4.78 is 6.16. The van der Waals surface area contributed by atoms with E-state index >= 15 is 0 Å². The molecule has 0 saturated heterocycles. The zero-order valence-electron chi connectivity index (χ0n) is 9.79. The van der Waals surface area contributed by atoms with Crippen LogP contribution in [0.2, 0.25) is 5.02 Å². The van der Waals surface area contributed by atoms with Crippen LogP contribution in [0.3, 0.4) is 0 Å². The van der Waals surface area contributed by atoms with Gasteiger partial charge in [0.15, 0.2) is 0 Å². The molecular weight excluding hydrogens is 336 g/mol. The summed E-state index contributed by atoms with van der Waals surface area (Å²) in [6.45, 7) is 1.95. The van der Waals surface area contributed by atoms with Crippen LogP contribution in [0.15, 0.2) is 28.1 Å². The number of halogens is 2. The van der Waals surface area contributed by atoms with E-state index < -0.39 is 0 Å². The Morgan fingerprint density at radius 1 is 1.39 bits per heavy atom. The fourth-order valence-electron chi connectivity index (χ4n) is 1.56. The third kappa shape index (κ3) is 2.60. The second-order valence-electron chi connectivity index (χ2n) is 3.74. The summed E-state index contributed by atoms with van der Waals surface area (Å²) in [6, 6.07) is 6.89. The van der Waals surface area contributed by atoms with Gasteiger partial charge >= 0.3 is 0 Å². The number of ether oxygens (including phenoxy) is 1. The minimum atomic E-state index is -0.0758. The number of hydrogen-bond acceptors (Lipinski definition) is 3. The van der Waals surface area contributed by atoms with Crippen molar-refractivity contribution in [3.8, 4) is 5.75 Å².